The molecule has 16 heavy (non-hydrogen) atoms. The second-order valence-electron chi connectivity index (χ2n) is 4.07. The number of amides is 1. The van der Waals surface area contributed by atoms with Gasteiger partial charge >= 0.3 is 0 Å². The average Bonchev–Trinajstić information content (AvgIpc) is 2.44. The summed E-state index contributed by atoms with van der Waals surface area (Å²) >= 11 is 0. The largest absolute Gasteiger partial charge is 0.320 e. The van der Waals surface area contributed by atoms with Gasteiger partial charge in [-0.05, 0) is 43.5 Å². The molecule has 2 rings (SSSR count). The summed E-state index contributed by atoms with van der Waals surface area (Å²) in [6.45, 7) is 0.665. The molecule has 3 nitrogen and oxygen atoms in total. The maximum absolute atomic E-state index is 12.8. The van der Waals surface area contributed by atoms with Crippen LogP contribution in [0.4, 0.5) is 10.1 Å². The standard InChI is InChI=1S/C12H15FN2O/c13-9-4-6-10(7-5-9)15-8-2-1-3-11(14)12(15)16/h4-7,11H,1-3,8,14H2. The Morgan fingerprint density at radius 3 is 2.62 bits per heavy atom. The van der Waals surface area contributed by atoms with Crippen molar-refractivity contribution < 1.29 is 9.18 Å². The van der Waals surface area contributed by atoms with E-state index in [4.69, 9.17) is 5.73 Å². The molecule has 2 N–H and O–H groups in total. The third-order valence-electron chi connectivity index (χ3n) is 2.87. The van der Waals surface area contributed by atoms with Gasteiger partial charge in [-0.3, -0.25) is 4.79 Å². The van der Waals surface area contributed by atoms with Gasteiger partial charge in [0.2, 0.25) is 5.91 Å². The minimum Gasteiger partial charge on any atom is -0.320 e. The zero-order chi connectivity index (χ0) is 11.5. The van der Waals surface area contributed by atoms with Crippen LogP contribution in [0.25, 0.3) is 0 Å². The molecule has 1 aliphatic rings. The van der Waals surface area contributed by atoms with Crippen molar-refractivity contribution >= 4 is 11.6 Å². The average molecular weight is 222 g/mol. The highest BCUT2D eigenvalue weighted by molar-refractivity contribution is 5.97. The Kier molecular flexibility index (Phi) is 3.19. The van der Waals surface area contributed by atoms with Gasteiger partial charge in [-0.15, -0.1) is 0 Å². The number of hydrogen-bond donors (Lipinski definition) is 1. The Bertz CT molecular complexity index is 377. The molecule has 0 radical (unpaired) electrons. The first kappa shape index (κ1) is 11.1. The van der Waals surface area contributed by atoms with Gasteiger partial charge in [0.25, 0.3) is 0 Å². The zero-order valence-corrected chi connectivity index (χ0v) is 9.03. The fourth-order valence-electron chi connectivity index (χ4n) is 1.95. The zero-order valence-electron chi connectivity index (χ0n) is 9.03. The smallest absolute Gasteiger partial charge is 0.243 e. The van der Waals surface area contributed by atoms with Crippen molar-refractivity contribution in [3.05, 3.63) is 30.1 Å². The molecule has 0 aliphatic carbocycles. The number of carbonyl (C=O) groups excluding carboxylic acids is 1. The van der Waals surface area contributed by atoms with Crippen molar-refractivity contribution in [2.75, 3.05) is 11.4 Å². The van der Waals surface area contributed by atoms with Crippen molar-refractivity contribution in [1.82, 2.24) is 0 Å². The Hall–Kier alpha value is -1.42. The molecule has 0 bridgehead atoms. The van der Waals surface area contributed by atoms with Crippen LogP contribution >= 0.6 is 0 Å². The van der Waals surface area contributed by atoms with Gasteiger partial charge in [-0.1, -0.05) is 0 Å². The van der Waals surface area contributed by atoms with E-state index in [1.54, 1.807) is 17.0 Å². The minimum absolute atomic E-state index is 0.0656. The first-order chi connectivity index (χ1) is 7.68. The second-order valence-corrected chi connectivity index (χ2v) is 4.07. The SMILES string of the molecule is NC1CCCCN(c2ccc(F)cc2)C1=O. The number of nitrogens with two attached hydrogens (primary N) is 1. The summed E-state index contributed by atoms with van der Waals surface area (Å²) in [5, 5.41) is 0. The van der Waals surface area contributed by atoms with Gasteiger partial charge in [-0.25, -0.2) is 4.39 Å². The van der Waals surface area contributed by atoms with Crippen LogP contribution in [0.3, 0.4) is 0 Å². The summed E-state index contributed by atoms with van der Waals surface area (Å²) in [7, 11) is 0. The highest BCUT2D eigenvalue weighted by Crippen LogP contribution is 2.20. The molecule has 4 heteroatoms. The molecule has 1 aliphatic heterocycles. The minimum atomic E-state index is -0.424. The maximum atomic E-state index is 12.8. The van der Waals surface area contributed by atoms with E-state index < -0.39 is 6.04 Å². The quantitative estimate of drug-likeness (QED) is 0.785. The van der Waals surface area contributed by atoms with Crippen molar-refractivity contribution in [1.29, 1.82) is 0 Å². The monoisotopic (exact) mass is 222 g/mol. The predicted octanol–water partition coefficient (Wildman–Crippen LogP) is 1.67. The van der Waals surface area contributed by atoms with Crippen LogP contribution in [0.5, 0.6) is 0 Å². The number of rotatable bonds is 1. The van der Waals surface area contributed by atoms with Gasteiger partial charge in [0.05, 0.1) is 6.04 Å². The molecule has 1 aromatic carbocycles. The lowest BCUT2D eigenvalue weighted by atomic mass is 10.1. The molecule has 86 valence electrons. The highest BCUT2D eigenvalue weighted by atomic mass is 19.1. The van der Waals surface area contributed by atoms with E-state index in [1.807, 2.05) is 0 Å². The second kappa shape index (κ2) is 4.61. The lowest BCUT2D eigenvalue weighted by molar-refractivity contribution is -0.119. The molecule has 0 spiro atoms. The lowest BCUT2D eigenvalue weighted by Crippen LogP contribution is -2.42. The van der Waals surface area contributed by atoms with Crippen molar-refractivity contribution in [3.63, 3.8) is 0 Å². The summed E-state index contributed by atoms with van der Waals surface area (Å²) < 4.78 is 12.8. The van der Waals surface area contributed by atoms with Crippen molar-refractivity contribution in [2.45, 2.75) is 25.3 Å². The predicted molar refractivity (Wildman–Crippen MR) is 60.6 cm³/mol. The van der Waals surface area contributed by atoms with Gasteiger partial charge in [0, 0.05) is 12.2 Å². The molecule has 1 saturated heterocycles. The summed E-state index contributed by atoms with van der Waals surface area (Å²) in [5.74, 6) is -0.362. The van der Waals surface area contributed by atoms with E-state index in [2.05, 4.69) is 0 Å². The third kappa shape index (κ3) is 2.22. The highest BCUT2D eigenvalue weighted by Gasteiger charge is 2.24. The van der Waals surface area contributed by atoms with Crippen LogP contribution in [0, 0.1) is 5.82 Å². The first-order valence-corrected chi connectivity index (χ1v) is 5.51. The number of hydrogen-bond acceptors (Lipinski definition) is 2. The van der Waals surface area contributed by atoms with Gasteiger partial charge < -0.3 is 10.6 Å². The normalized spacial score (nSPS) is 22.0. The molecular weight excluding hydrogens is 207 g/mol. The van der Waals surface area contributed by atoms with Crippen LogP contribution < -0.4 is 10.6 Å². The van der Waals surface area contributed by atoms with Crippen LogP contribution in [0.2, 0.25) is 0 Å². The van der Waals surface area contributed by atoms with Crippen LogP contribution in [-0.2, 0) is 4.79 Å². The van der Waals surface area contributed by atoms with Gasteiger partial charge in [0.1, 0.15) is 5.82 Å². The van der Waals surface area contributed by atoms with Crippen molar-refractivity contribution in [2.24, 2.45) is 5.73 Å². The molecule has 1 atom stereocenters. The molecule has 1 aromatic rings. The van der Waals surface area contributed by atoms with E-state index >= 15 is 0 Å². The van der Waals surface area contributed by atoms with Gasteiger partial charge in [-0.2, -0.15) is 0 Å². The van der Waals surface area contributed by atoms with E-state index in [9.17, 15) is 9.18 Å². The lowest BCUT2D eigenvalue weighted by Gasteiger charge is -2.22. The van der Waals surface area contributed by atoms with E-state index in [1.165, 1.54) is 12.1 Å². The molecule has 0 aromatic heterocycles. The molecule has 1 heterocycles. The number of halogens is 1. The molecule has 0 saturated carbocycles. The maximum Gasteiger partial charge on any atom is 0.243 e. The van der Waals surface area contributed by atoms with Gasteiger partial charge in [0.15, 0.2) is 0 Å². The Balaban J connectivity index is 2.24. The van der Waals surface area contributed by atoms with E-state index in [0.29, 0.717) is 6.54 Å². The number of benzene rings is 1. The number of carbonyl (C=O) groups is 1. The number of nitrogens with zero attached hydrogens (tertiary/aromatic N) is 1. The summed E-state index contributed by atoms with van der Waals surface area (Å²) in [6.07, 6.45) is 2.64. The summed E-state index contributed by atoms with van der Waals surface area (Å²) in [6, 6.07) is 5.53. The summed E-state index contributed by atoms with van der Waals surface area (Å²) in [4.78, 5) is 13.6. The fraction of sp³-hybridized carbons (Fsp3) is 0.417. The summed E-state index contributed by atoms with van der Waals surface area (Å²) in [5.41, 5.74) is 6.50. The first-order valence-electron chi connectivity index (χ1n) is 5.51. The Labute approximate surface area is 94.0 Å². The fourth-order valence-corrected chi connectivity index (χ4v) is 1.95. The van der Waals surface area contributed by atoms with Crippen LogP contribution in [0.15, 0.2) is 24.3 Å². The third-order valence-corrected chi connectivity index (χ3v) is 2.87. The topological polar surface area (TPSA) is 46.3 Å². The molecule has 1 amide bonds. The van der Waals surface area contributed by atoms with E-state index in [0.717, 1.165) is 24.9 Å². The van der Waals surface area contributed by atoms with Crippen LogP contribution in [0.1, 0.15) is 19.3 Å². The molecular formula is C12H15FN2O. The Morgan fingerprint density at radius 2 is 1.94 bits per heavy atom. The van der Waals surface area contributed by atoms with E-state index in [-0.39, 0.29) is 11.7 Å². The van der Waals surface area contributed by atoms with Crippen LogP contribution in [-0.4, -0.2) is 18.5 Å². The molecule has 1 fully saturated rings. The molecule has 1 unspecified atom stereocenters. The van der Waals surface area contributed by atoms with Crippen molar-refractivity contribution in [3.8, 4) is 0 Å². The number of anilines is 1. The Morgan fingerprint density at radius 1 is 1.25 bits per heavy atom.